The van der Waals surface area contributed by atoms with Crippen LogP contribution < -0.4 is 14.4 Å². The molecule has 208 valence electrons. The first-order chi connectivity index (χ1) is 18.0. The Hall–Kier alpha value is -2.49. The Kier molecular flexibility index (Phi) is 10.7. The Labute approximate surface area is 235 Å². The van der Waals surface area contributed by atoms with Crippen molar-refractivity contribution in [3.8, 4) is 5.75 Å². The van der Waals surface area contributed by atoms with Gasteiger partial charge in [0.25, 0.3) is 0 Å². The minimum atomic E-state index is -3.64. The zero-order valence-corrected chi connectivity index (χ0v) is 24.3. The molecule has 2 aromatic carbocycles. The summed E-state index contributed by atoms with van der Waals surface area (Å²) >= 11 is 12.4. The minimum Gasteiger partial charge on any atom is -0.495 e. The molecule has 2 amide bonds. The molecule has 1 aliphatic rings. The average Bonchev–Trinajstić information content (AvgIpc) is 3.38. The summed E-state index contributed by atoms with van der Waals surface area (Å²) in [5.74, 6) is -0.0823. The van der Waals surface area contributed by atoms with Crippen molar-refractivity contribution in [1.29, 1.82) is 0 Å². The third kappa shape index (κ3) is 8.01. The van der Waals surface area contributed by atoms with Gasteiger partial charge in [-0.1, -0.05) is 54.2 Å². The van der Waals surface area contributed by atoms with Crippen LogP contribution in [-0.2, 0) is 26.2 Å². The molecule has 0 radical (unpaired) electrons. The van der Waals surface area contributed by atoms with E-state index >= 15 is 0 Å². The van der Waals surface area contributed by atoms with Crippen LogP contribution in [0.15, 0.2) is 42.5 Å². The second-order valence-electron chi connectivity index (χ2n) is 9.53. The topological polar surface area (TPSA) is 96.0 Å². The number of amides is 2. The number of methoxy groups -OCH3 is 1. The molecule has 1 atom stereocenters. The van der Waals surface area contributed by atoms with Crippen LogP contribution in [0.2, 0.25) is 10.0 Å². The quantitative estimate of drug-likeness (QED) is 0.378. The van der Waals surface area contributed by atoms with Gasteiger partial charge in [0.1, 0.15) is 11.8 Å². The highest BCUT2D eigenvalue weighted by Crippen LogP contribution is 2.30. The van der Waals surface area contributed by atoms with Crippen molar-refractivity contribution in [1.82, 2.24) is 10.2 Å². The third-order valence-electron chi connectivity index (χ3n) is 6.73. The number of hydrogen-bond donors (Lipinski definition) is 1. The summed E-state index contributed by atoms with van der Waals surface area (Å²) in [5, 5.41) is 3.94. The molecule has 3 rings (SSSR count). The molecule has 1 N–H and O–H groups in total. The minimum absolute atomic E-state index is 0.0351. The molecule has 0 heterocycles. The van der Waals surface area contributed by atoms with Gasteiger partial charge in [-0.3, -0.25) is 13.9 Å². The smallest absolute Gasteiger partial charge is 0.242 e. The number of benzene rings is 2. The molecule has 38 heavy (non-hydrogen) atoms. The van der Waals surface area contributed by atoms with E-state index in [1.165, 1.54) is 16.3 Å². The van der Waals surface area contributed by atoms with Gasteiger partial charge in [-0.25, -0.2) is 8.42 Å². The van der Waals surface area contributed by atoms with Crippen molar-refractivity contribution in [3.05, 3.63) is 58.1 Å². The van der Waals surface area contributed by atoms with Gasteiger partial charge in [0.2, 0.25) is 21.8 Å². The van der Waals surface area contributed by atoms with E-state index in [0.717, 1.165) is 31.9 Å². The van der Waals surface area contributed by atoms with E-state index in [1.807, 2.05) is 0 Å². The first-order valence-electron chi connectivity index (χ1n) is 12.7. The lowest BCUT2D eigenvalue weighted by Gasteiger charge is -2.30. The zero-order chi connectivity index (χ0) is 27.9. The lowest BCUT2D eigenvalue weighted by molar-refractivity contribution is -0.140. The number of anilines is 1. The number of hydrogen-bond acceptors (Lipinski definition) is 5. The predicted molar refractivity (Wildman–Crippen MR) is 151 cm³/mol. The van der Waals surface area contributed by atoms with E-state index in [9.17, 15) is 18.0 Å². The van der Waals surface area contributed by atoms with Crippen molar-refractivity contribution in [3.63, 3.8) is 0 Å². The van der Waals surface area contributed by atoms with Crippen molar-refractivity contribution < 1.29 is 22.7 Å². The summed E-state index contributed by atoms with van der Waals surface area (Å²) in [6.45, 7) is 1.89. The number of carbonyl (C=O) groups is 2. The maximum atomic E-state index is 13.5. The number of halogens is 2. The van der Waals surface area contributed by atoms with Crippen LogP contribution in [0.4, 0.5) is 5.69 Å². The van der Waals surface area contributed by atoms with E-state index in [4.69, 9.17) is 27.9 Å². The molecule has 1 aliphatic carbocycles. The summed E-state index contributed by atoms with van der Waals surface area (Å²) in [6.07, 6.45) is 5.40. The molecule has 0 aliphatic heterocycles. The highest BCUT2D eigenvalue weighted by molar-refractivity contribution is 7.92. The first-order valence-corrected chi connectivity index (χ1v) is 15.3. The van der Waals surface area contributed by atoms with Crippen LogP contribution >= 0.6 is 23.2 Å². The fraction of sp³-hybridized carbons (Fsp3) is 0.481. The van der Waals surface area contributed by atoms with E-state index in [1.54, 1.807) is 49.4 Å². The molecular formula is C27H35Cl2N3O5S. The molecule has 1 saturated carbocycles. The van der Waals surface area contributed by atoms with Gasteiger partial charge in [0.15, 0.2) is 0 Å². The molecular weight excluding hydrogens is 549 g/mol. The molecule has 1 fully saturated rings. The largest absolute Gasteiger partial charge is 0.495 e. The number of nitrogens with one attached hydrogen (secondary N) is 1. The van der Waals surface area contributed by atoms with Crippen molar-refractivity contribution >= 4 is 50.7 Å². The Morgan fingerprint density at radius 3 is 2.45 bits per heavy atom. The summed E-state index contributed by atoms with van der Waals surface area (Å²) in [4.78, 5) is 28.1. The van der Waals surface area contributed by atoms with Crippen LogP contribution in [0.5, 0.6) is 5.75 Å². The monoisotopic (exact) mass is 583 g/mol. The SMILES string of the molecule is COc1ccccc1N(CCCC(=O)N(Cc1ccc(Cl)cc1Cl)[C@@H](C)C(=O)NC1CCCC1)S(C)(=O)=O. The van der Waals surface area contributed by atoms with Crippen molar-refractivity contribution in [2.24, 2.45) is 0 Å². The maximum Gasteiger partial charge on any atom is 0.242 e. The van der Waals surface area contributed by atoms with Gasteiger partial charge >= 0.3 is 0 Å². The van der Waals surface area contributed by atoms with E-state index in [-0.39, 0.29) is 43.8 Å². The summed E-state index contributed by atoms with van der Waals surface area (Å²) < 4.78 is 31.7. The second kappa shape index (κ2) is 13.5. The summed E-state index contributed by atoms with van der Waals surface area (Å²) in [5.41, 5.74) is 1.07. The number of rotatable bonds is 12. The Balaban J connectivity index is 1.76. The van der Waals surface area contributed by atoms with E-state index < -0.39 is 16.1 Å². The highest BCUT2D eigenvalue weighted by atomic mass is 35.5. The lowest BCUT2D eigenvalue weighted by atomic mass is 10.1. The molecule has 0 unspecified atom stereocenters. The van der Waals surface area contributed by atoms with Gasteiger partial charge in [0.05, 0.1) is 19.1 Å². The second-order valence-corrected chi connectivity index (χ2v) is 12.3. The Bertz CT molecular complexity index is 1230. The molecule has 11 heteroatoms. The molecule has 0 aromatic heterocycles. The highest BCUT2D eigenvalue weighted by Gasteiger charge is 2.29. The van der Waals surface area contributed by atoms with E-state index in [2.05, 4.69) is 5.32 Å². The lowest BCUT2D eigenvalue weighted by Crippen LogP contribution is -2.49. The van der Waals surface area contributed by atoms with Gasteiger partial charge in [-0.2, -0.15) is 0 Å². The zero-order valence-electron chi connectivity index (χ0n) is 22.0. The van der Waals surface area contributed by atoms with Crippen LogP contribution in [0.1, 0.15) is 51.0 Å². The predicted octanol–water partition coefficient (Wildman–Crippen LogP) is 5.02. The standard InChI is InChI=1S/C27H35Cl2N3O5S/c1-19(27(34)30-22-9-4-5-10-22)31(18-20-14-15-21(28)17-23(20)29)26(33)13-8-16-32(38(3,35)36)24-11-6-7-12-25(24)37-2/h6-7,11-12,14-15,17,19,22H,4-5,8-10,13,16,18H2,1-3H3,(H,30,34)/t19-/m0/s1. The fourth-order valence-corrected chi connectivity index (χ4v) is 6.06. The van der Waals surface area contributed by atoms with Crippen LogP contribution in [0, 0.1) is 0 Å². The molecule has 8 nitrogen and oxygen atoms in total. The molecule has 0 saturated heterocycles. The number of para-hydroxylation sites is 2. The van der Waals surface area contributed by atoms with Gasteiger partial charge in [-0.15, -0.1) is 0 Å². The number of carbonyl (C=O) groups excluding carboxylic acids is 2. The molecule has 2 aromatic rings. The maximum absolute atomic E-state index is 13.5. The molecule has 0 bridgehead atoms. The third-order valence-corrected chi connectivity index (χ3v) is 8.50. The fourth-order valence-electron chi connectivity index (χ4n) is 4.63. The number of ether oxygens (including phenoxy) is 1. The normalized spacial score (nSPS) is 14.7. The van der Waals surface area contributed by atoms with Crippen molar-refractivity contribution in [2.45, 2.75) is 64.1 Å². The Morgan fingerprint density at radius 1 is 1.13 bits per heavy atom. The summed E-state index contributed by atoms with van der Waals surface area (Å²) in [6, 6.07) is 11.2. The van der Waals surface area contributed by atoms with Gasteiger partial charge < -0.3 is 15.0 Å². The van der Waals surface area contributed by atoms with Crippen LogP contribution in [0.25, 0.3) is 0 Å². The van der Waals surface area contributed by atoms with Gasteiger partial charge in [-0.05, 0) is 56.0 Å². The van der Waals surface area contributed by atoms with Crippen molar-refractivity contribution in [2.75, 3.05) is 24.2 Å². The first kappa shape index (κ1) is 30.1. The van der Waals surface area contributed by atoms with Gasteiger partial charge in [0, 0.05) is 35.6 Å². The van der Waals surface area contributed by atoms with E-state index in [0.29, 0.717) is 27.0 Å². The number of nitrogens with zero attached hydrogens (tertiary/aromatic N) is 2. The number of sulfonamides is 1. The summed E-state index contributed by atoms with van der Waals surface area (Å²) in [7, 11) is -2.16. The Morgan fingerprint density at radius 2 is 1.82 bits per heavy atom. The average molecular weight is 585 g/mol. The molecule has 0 spiro atoms. The van der Waals surface area contributed by atoms with Crippen LogP contribution in [-0.4, -0.2) is 57.1 Å². The van der Waals surface area contributed by atoms with Crippen LogP contribution in [0.3, 0.4) is 0 Å².